The van der Waals surface area contributed by atoms with Crippen molar-refractivity contribution in [1.29, 1.82) is 0 Å². The van der Waals surface area contributed by atoms with Gasteiger partial charge in [0.2, 0.25) is 0 Å². The van der Waals surface area contributed by atoms with Crippen LogP contribution in [0.4, 0.5) is 5.69 Å². The lowest BCUT2D eigenvalue weighted by Gasteiger charge is -2.24. The number of nitro benzene ring substituents is 1. The number of carbonyl (C=O) groups is 2. The Morgan fingerprint density at radius 3 is 2.44 bits per heavy atom. The fraction of sp³-hybridized carbons (Fsp3) is 0.444. The zero-order valence-corrected chi connectivity index (χ0v) is 14.1. The van der Waals surface area contributed by atoms with Gasteiger partial charge in [-0.25, -0.2) is 4.79 Å². The quantitative estimate of drug-likeness (QED) is 0.354. The summed E-state index contributed by atoms with van der Waals surface area (Å²) >= 11 is 0. The average molecular weight is 346 g/mol. The first-order valence-electron chi connectivity index (χ1n) is 8.44. The first-order valence-corrected chi connectivity index (χ1v) is 8.44. The Kier molecular flexibility index (Phi) is 7.13. The number of carbonyl (C=O) groups excluding carboxylic acids is 2. The second-order valence-corrected chi connectivity index (χ2v) is 5.91. The van der Waals surface area contributed by atoms with Gasteiger partial charge in [0, 0.05) is 25.2 Å². The molecule has 1 saturated heterocycles. The van der Waals surface area contributed by atoms with Crippen molar-refractivity contribution in [1.82, 2.24) is 4.90 Å². The van der Waals surface area contributed by atoms with Gasteiger partial charge >= 0.3 is 5.97 Å². The van der Waals surface area contributed by atoms with Crippen LogP contribution in [0.25, 0.3) is 6.08 Å². The van der Waals surface area contributed by atoms with Crippen LogP contribution in [-0.2, 0) is 14.3 Å². The lowest BCUT2D eigenvalue weighted by molar-refractivity contribution is -0.385. The number of nitrogens with zero attached hydrogens (tertiary/aromatic N) is 2. The van der Waals surface area contributed by atoms with E-state index in [1.54, 1.807) is 17.0 Å². The predicted octanol–water partition coefficient (Wildman–Crippen LogP) is 2.94. The maximum Gasteiger partial charge on any atom is 0.331 e. The second kappa shape index (κ2) is 9.56. The van der Waals surface area contributed by atoms with Crippen LogP contribution in [0.3, 0.4) is 0 Å². The lowest BCUT2D eigenvalue weighted by Crippen LogP contribution is -2.36. The normalized spacial score (nSPS) is 15.4. The van der Waals surface area contributed by atoms with Crippen molar-refractivity contribution < 1.29 is 19.2 Å². The van der Waals surface area contributed by atoms with Crippen LogP contribution in [-0.4, -0.2) is 41.4 Å². The van der Waals surface area contributed by atoms with Crippen LogP contribution in [0.5, 0.6) is 0 Å². The first-order chi connectivity index (χ1) is 12.1. The van der Waals surface area contributed by atoms with E-state index in [0.29, 0.717) is 18.7 Å². The van der Waals surface area contributed by atoms with Crippen molar-refractivity contribution in [2.75, 3.05) is 19.7 Å². The van der Waals surface area contributed by atoms with Gasteiger partial charge in [0.15, 0.2) is 6.61 Å². The SMILES string of the molecule is O=C(/C=C/c1ccccc1[N+](=O)[O-])OCC(=O)N1CCCCCCC1. The van der Waals surface area contributed by atoms with Crippen molar-refractivity contribution in [3.05, 3.63) is 46.0 Å². The Balaban J connectivity index is 1.85. The van der Waals surface area contributed by atoms with Crippen LogP contribution in [0.1, 0.15) is 37.7 Å². The third kappa shape index (κ3) is 6.02. The highest BCUT2D eigenvalue weighted by Crippen LogP contribution is 2.18. The van der Waals surface area contributed by atoms with E-state index in [0.717, 1.165) is 31.8 Å². The summed E-state index contributed by atoms with van der Waals surface area (Å²) in [5.74, 6) is -0.895. The summed E-state index contributed by atoms with van der Waals surface area (Å²) in [5, 5.41) is 10.9. The third-order valence-electron chi connectivity index (χ3n) is 4.08. The highest BCUT2D eigenvalue weighted by Gasteiger charge is 2.16. The summed E-state index contributed by atoms with van der Waals surface area (Å²) in [6.07, 6.45) is 7.79. The Morgan fingerprint density at radius 1 is 1.12 bits per heavy atom. The van der Waals surface area contributed by atoms with Crippen molar-refractivity contribution in [2.45, 2.75) is 32.1 Å². The van der Waals surface area contributed by atoms with Crippen LogP contribution in [0.2, 0.25) is 0 Å². The molecule has 1 heterocycles. The van der Waals surface area contributed by atoms with Gasteiger partial charge in [-0.15, -0.1) is 0 Å². The molecule has 0 unspecified atom stereocenters. The molecular formula is C18H22N2O5. The Labute approximate surface area is 146 Å². The second-order valence-electron chi connectivity index (χ2n) is 5.91. The average Bonchev–Trinajstić information content (AvgIpc) is 2.57. The van der Waals surface area contributed by atoms with E-state index in [1.807, 2.05) is 0 Å². The number of benzene rings is 1. The number of amides is 1. The molecule has 1 amide bonds. The van der Waals surface area contributed by atoms with Crippen LogP contribution in [0.15, 0.2) is 30.3 Å². The Bertz CT molecular complexity index is 649. The number of ether oxygens (including phenoxy) is 1. The molecule has 0 atom stereocenters. The number of hydrogen-bond donors (Lipinski definition) is 0. The monoisotopic (exact) mass is 346 g/mol. The van der Waals surface area contributed by atoms with Gasteiger partial charge in [0.05, 0.1) is 10.5 Å². The maximum absolute atomic E-state index is 12.1. The molecule has 0 aliphatic carbocycles. The van der Waals surface area contributed by atoms with Gasteiger partial charge in [-0.2, -0.15) is 0 Å². The third-order valence-corrected chi connectivity index (χ3v) is 4.08. The van der Waals surface area contributed by atoms with E-state index < -0.39 is 10.9 Å². The molecule has 1 fully saturated rings. The van der Waals surface area contributed by atoms with E-state index >= 15 is 0 Å². The van der Waals surface area contributed by atoms with Gasteiger partial charge in [-0.1, -0.05) is 31.4 Å². The molecule has 0 saturated carbocycles. The molecule has 0 aromatic heterocycles. The molecule has 2 rings (SSSR count). The van der Waals surface area contributed by atoms with E-state index in [2.05, 4.69) is 0 Å². The molecule has 1 aromatic rings. The van der Waals surface area contributed by atoms with Gasteiger partial charge in [0.25, 0.3) is 11.6 Å². The van der Waals surface area contributed by atoms with Crippen molar-refractivity contribution >= 4 is 23.6 Å². The van der Waals surface area contributed by atoms with Gasteiger partial charge in [-0.3, -0.25) is 14.9 Å². The molecule has 0 N–H and O–H groups in total. The highest BCUT2D eigenvalue weighted by atomic mass is 16.6. The van der Waals surface area contributed by atoms with Crippen molar-refractivity contribution in [2.24, 2.45) is 0 Å². The number of rotatable bonds is 5. The predicted molar refractivity (Wildman–Crippen MR) is 92.8 cm³/mol. The molecule has 1 aliphatic rings. The lowest BCUT2D eigenvalue weighted by atomic mass is 10.1. The van der Waals surface area contributed by atoms with Crippen LogP contribution >= 0.6 is 0 Å². The molecule has 134 valence electrons. The van der Waals surface area contributed by atoms with E-state index in [4.69, 9.17) is 4.74 Å². The maximum atomic E-state index is 12.1. The summed E-state index contributed by atoms with van der Waals surface area (Å²) in [4.78, 5) is 36.0. The molecule has 0 bridgehead atoms. The summed E-state index contributed by atoms with van der Waals surface area (Å²) in [6, 6.07) is 6.09. The zero-order chi connectivity index (χ0) is 18.1. The smallest absolute Gasteiger partial charge is 0.331 e. The molecule has 1 aromatic carbocycles. The fourth-order valence-electron chi connectivity index (χ4n) is 2.72. The number of nitro groups is 1. The van der Waals surface area contributed by atoms with Gasteiger partial charge in [-0.05, 0) is 25.0 Å². The topological polar surface area (TPSA) is 89.7 Å². The molecular weight excluding hydrogens is 324 g/mol. The molecule has 25 heavy (non-hydrogen) atoms. The minimum absolute atomic E-state index is 0.0942. The highest BCUT2D eigenvalue weighted by molar-refractivity contribution is 5.89. The zero-order valence-electron chi connectivity index (χ0n) is 14.1. The van der Waals surface area contributed by atoms with Crippen molar-refractivity contribution in [3.8, 4) is 0 Å². The summed E-state index contributed by atoms with van der Waals surface area (Å²) < 4.78 is 4.96. The molecule has 1 aliphatic heterocycles. The van der Waals surface area contributed by atoms with E-state index in [1.165, 1.54) is 24.6 Å². The number of likely N-dealkylation sites (tertiary alicyclic amines) is 1. The van der Waals surface area contributed by atoms with E-state index in [9.17, 15) is 19.7 Å². The first kappa shape index (κ1) is 18.6. The summed E-state index contributed by atoms with van der Waals surface area (Å²) in [6.45, 7) is 1.09. The summed E-state index contributed by atoms with van der Waals surface area (Å²) in [5.41, 5.74) is 0.211. The molecule has 0 spiro atoms. The minimum Gasteiger partial charge on any atom is -0.452 e. The molecule has 0 radical (unpaired) electrons. The Hall–Kier alpha value is -2.70. The van der Waals surface area contributed by atoms with Gasteiger partial charge in [0.1, 0.15) is 0 Å². The Morgan fingerprint density at radius 2 is 1.76 bits per heavy atom. The van der Waals surface area contributed by atoms with E-state index in [-0.39, 0.29) is 18.2 Å². The molecule has 7 heteroatoms. The van der Waals surface area contributed by atoms with Crippen molar-refractivity contribution in [3.63, 3.8) is 0 Å². The summed E-state index contributed by atoms with van der Waals surface area (Å²) in [7, 11) is 0. The van der Waals surface area contributed by atoms with Crippen LogP contribution in [0, 0.1) is 10.1 Å². The largest absolute Gasteiger partial charge is 0.452 e. The number of hydrogen-bond acceptors (Lipinski definition) is 5. The van der Waals surface area contributed by atoms with Gasteiger partial charge < -0.3 is 9.64 Å². The van der Waals surface area contributed by atoms with Crippen LogP contribution < -0.4 is 0 Å². The standard InChI is InChI=1S/C18H22N2O5/c21-17(19-12-6-2-1-3-7-13-19)14-25-18(22)11-10-15-8-4-5-9-16(15)20(23)24/h4-5,8-11H,1-3,6-7,12-14H2/b11-10+. The molecule has 7 nitrogen and oxygen atoms in total. The number of para-hydroxylation sites is 1. The fourth-order valence-corrected chi connectivity index (χ4v) is 2.72. The minimum atomic E-state index is -0.696. The number of esters is 1.